The number of hydrogen-bond donors (Lipinski definition) is 0. The first-order valence-corrected chi connectivity index (χ1v) is 5.95. The molecule has 18 heavy (non-hydrogen) atoms. The summed E-state index contributed by atoms with van der Waals surface area (Å²) in [5.74, 6) is 0. The van der Waals surface area contributed by atoms with Gasteiger partial charge >= 0.3 is 5.69 Å². The summed E-state index contributed by atoms with van der Waals surface area (Å²) in [5, 5.41) is 0. The molecule has 2 rings (SSSR count). The zero-order valence-electron chi connectivity index (χ0n) is 10.6. The quantitative estimate of drug-likeness (QED) is 0.744. The zero-order valence-corrected chi connectivity index (χ0v) is 10.6. The second-order valence-electron chi connectivity index (χ2n) is 3.93. The number of fused-ring (bicyclic) bond motifs is 1. The zero-order chi connectivity index (χ0) is 13.3. The van der Waals surface area contributed by atoms with Crippen LogP contribution in [-0.2, 0) is 19.6 Å². The Labute approximate surface area is 104 Å². The van der Waals surface area contributed by atoms with Gasteiger partial charge in [0.2, 0.25) is 0 Å². The van der Waals surface area contributed by atoms with Crippen molar-refractivity contribution in [1.29, 1.82) is 0 Å². The van der Waals surface area contributed by atoms with Gasteiger partial charge in [0.25, 0.3) is 5.56 Å². The number of hydrogen-bond acceptors (Lipinski definition) is 3. The van der Waals surface area contributed by atoms with Crippen LogP contribution in [0.15, 0.2) is 28.6 Å². The minimum atomic E-state index is -0.337. The summed E-state index contributed by atoms with van der Waals surface area (Å²) < 4.78 is 4.45. The lowest BCUT2D eigenvalue weighted by Gasteiger charge is -2.08. The Hall–Kier alpha value is -2.11. The molecule has 0 aliphatic rings. The molecule has 6 heteroatoms. The van der Waals surface area contributed by atoms with E-state index in [2.05, 4.69) is 11.6 Å². The third-order valence-electron chi connectivity index (χ3n) is 2.95. The highest BCUT2D eigenvalue weighted by atomic mass is 16.2. The molecular weight excluding hydrogens is 232 g/mol. The number of aromatic nitrogens is 4. The minimum absolute atomic E-state index is 0.211. The summed E-state index contributed by atoms with van der Waals surface area (Å²) in [7, 11) is 0. The molecule has 0 fully saturated rings. The van der Waals surface area contributed by atoms with E-state index in [9.17, 15) is 9.59 Å². The van der Waals surface area contributed by atoms with E-state index < -0.39 is 0 Å². The summed E-state index contributed by atoms with van der Waals surface area (Å²) in [5.41, 5.74) is 0.283. The fourth-order valence-electron chi connectivity index (χ4n) is 2.05. The molecule has 0 atom stereocenters. The van der Waals surface area contributed by atoms with Crippen molar-refractivity contribution in [3.05, 3.63) is 39.8 Å². The van der Waals surface area contributed by atoms with Gasteiger partial charge < -0.3 is 4.57 Å². The van der Waals surface area contributed by atoms with Crippen LogP contribution in [0, 0.1) is 0 Å². The van der Waals surface area contributed by atoms with Crippen LogP contribution in [0.4, 0.5) is 0 Å². The van der Waals surface area contributed by atoms with Crippen LogP contribution < -0.4 is 11.2 Å². The van der Waals surface area contributed by atoms with Crippen molar-refractivity contribution < 1.29 is 0 Å². The fraction of sp³-hybridized carbons (Fsp3) is 0.417. The van der Waals surface area contributed by atoms with Gasteiger partial charge in [0.1, 0.15) is 0 Å². The lowest BCUT2D eigenvalue weighted by atomic mass is 10.4. The van der Waals surface area contributed by atoms with E-state index in [1.54, 1.807) is 17.0 Å². The molecule has 0 saturated carbocycles. The fourth-order valence-corrected chi connectivity index (χ4v) is 2.05. The molecule has 0 spiro atoms. The molecule has 2 aromatic rings. The highest BCUT2D eigenvalue weighted by molar-refractivity contribution is 5.70. The Morgan fingerprint density at radius 2 is 2.00 bits per heavy atom. The Morgan fingerprint density at radius 1 is 1.28 bits per heavy atom. The van der Waals surface area contributed by atoms with E-state index in [-0.39, 0.29) is 17.8 Å². The highest BCUT2D eigenvalue weighted by Gasteiger charge is 2.15. The van der Waals surface area contributed by atoms with Crippen molar-refractivity contribution in [2.24, 2.45) is 0 Å². The van der Waals surface area contributed by atoms with E-state index in [4.69, 9.17) is 0 Å². The van der Waals surface area contributed by atoms with E-state index in [0.29, 0.717) is 24.3 Å². The van der Waals surface area contributed by atoms with Crippen LogP contribution in [0.3, 0.4) is 0 Å². The molecule has 0 aliphatic carbocycles. The molecular formula is C12H16N4O2. The third kappa shape index (κ3) is 1.61. The van der Waals surface area contributed by atoms with Crippen LogP contribution in [0.2, 0.25) is 0 Å². The third-order valence-corrected chi connectivity index (χ3v) is 2.95. The molecule has 2 heterocycles. The molecule has 0 unspecified atom stereocenters. The van der Waals surface area contributed by atoms with Crippen molar-refractivity contribution in [2.75, 3.05) is 0 Å². The van der Waals surface area contributed by atoms with Gasteiger partial charge in [-0.15, -0.1) is 6.58 Å². The topological polar surface area (TPSA) is 61.8 Å². The largest absolute Gasteiger partial charge is 0.333 e. The Bertz CT molecular complexity index is 705. The van der Waals surface area contributed by atoms with Gasteiger partial charge in [0, 0.05) is 19.6 Å². The smallest absolute Gasteiger partial charge is 0.325 e. The Morgan fingerprint density at radius 3 is 2.56 bits per heavy atom. The summed E-state index contributed by atoms with van der Waals surface area (Å²) in [6.45, 7) is 8.69. The second-order valence-corrected chi connectivity index (χ2v) is 3.93. The van der Waals surface area contributed by atoms with Crippen molar-refractivity contribution >= 4 is 11.2 Å². The van der Waals surface area contributed by atoms with E-state index >= 15 is 0 Å². The van der Waals surface area contributed by atoms with Crippen LogP contribution in [0.1, 0.15) is 13.8 Å². The average molecular weight is 248 g/mol. The van der Waals surface area contributed by atoms with Gasteiger partial charge in [-0.05, 0) is 13.8 Å². The normalized spacial score (nSPS) is 11.0. The van der Waals surface area contributed by atoms with Crippen molar-refractivity contribution in [2.45, 2.75) is 33.5 Å². The molecule has 0 amide bonds. The van der Waals surface area contributed by atoms with Gasteiger partial charge in [-0.2, -0.15) is 0 Å². The monoisotopic (exact) mass is 248 g/mol. The first kappa shape index (κ1) is 12.3. The molecule has 0 aromatic carbocycles. The van der Waals surface area contributed by atoms with Crippen molar-refractivity contribution in [3.8, 4) is 0 Å². The maximum Gasteiger partial charge on any atom is 0.333 e. The van der Waals surface area contributed by atoms with Gasteiger partial charge in [-0.1, -0.05) is 6.08 Å². The first-order chi connectivity index (χ1) is 8.65. The Kier molecular flexibility index (Phi) is 3.18. The van der Waals surface area contributed by atoms with Crippen LogP contribution in [0.5, 0.6) is 0 Å². The molecule has 0 bridgehead atoms. The standard InChI is InChI=1S/C12H16N4O2/c1-4-7-16-11(17)9-10(13-8-14(9)5-2)15(6-3)12(16)18/h4,8H,1,5-7H2,2-3H3. The summed E-state index contributed by atoms with van der Waals surface area (Å²) in [6.07, 6.45) is 3.14. The maximum atomic E-state index is 12.3. The van der Waals surface area contributed by atoms with Crippen LogP contribution >= 0.6 is 0 Å². The highest BCUT2D eigenvalue weighted by Crippen LogP contribution is 2.06. The second kappa shape index (κ2) is 4.64. The van der Waals surface area contributed by atoms with Gasteiger partial charge in [-0.25, -0.2) is 9.78 Å². The van der Waals surface area contributed by atoms with Gasteiger partial charge in [0.15, 0.2) is 11.2 Å². The number of nitrogens with zero attached hydrogens (tertiary/aromatic N) is 4. The lowest BCUT2D eigenvalue weighted by molar-refractivity contribution is 0.623. The summed E-state index contributed by atoms with van der Waals surface area (Å²) in [4.78, 5) is 28.6. The SMILES string of the molecule is C=CCn1c(=O)c2c(ncn2CC)n(CC)c1=O. The number of imidazole rings is 1. The molecule has 0 N–H and O–H groups in total. The van der Waals surface area contributed by atoms with Crippen molar-refractivity contribution in [3.63, 3.8) is 0 Å². The van der Waals surface area contributed by atoms with Crippen molar-refractivity contribution in [1.82, 2.24) is 18.7 Å². The number of allylic oxidation sites excluding steroid dienone is 1. The molecule has 96 valence electrons. The maximum absolute atomic E-state index is 12.3. The van der Waals surface area contributed by atoms with Crippen LogP contribution in [0.25, 0.3) is 11.2 Å². The first-order valence-electron chi connectivity index (χ1n) is 5.95. The Balaban J connectivity index is 2.98. The molecule has 0 saturated heterocycles. The number of rotatable bonds is 4. The summed E-state index contributed by atoms with van der Waals surface area (Å²) in [6, 6.07) is 0. The summed E-state index contributed by atoms with van der Waals surface area (Å²) >= 11 is 0. The van der Waals surface area contributed by atoms with Gasteiger partial charge in [0.05, 0.1) is 6.33 Å². The molecule has 0 aliphatic heterocycles. The minimum Gasteiger partial charge on any atom is -0.325 e. The predicted octanol–water partition coefficient (Wildman–Crippen LogP) is 0.585. The van der Waals surface area contributed by atoms with E-state index in [1.165, 1.54) is 9.13 Å². The van der Waals surface area contributed by atoms with Gasteiger partial charge in [-0.3, -0.25) is 13.9 Å². The lowest BCUT2D eigenvalue weighted by Crippen LogP contribution is -2.40. The molecule has 6 nitrogen and oxygen atoms in total. The average Bonchev–Trinajstić information content (AvgIpc) is 2.79. The molecule has 0 radical (unpaired) electrons. The number of aryl methyl sites for hydroxylation is 2. The van der Waals surface area contributed by atoms with Crippen LogP contribution in [-0.4, -0.2) is 18.7 Å². The predicted molar refractivity (Wildman–Crippen MR) is 69.8 cm³/mol. The molecule has 2 aromatic heterocycles. The van der Waals surface area contributed by atoms with E-state index in [1.807, 2.05) is 13.8 Å². The van der Waals surface area contributed by atoms with E-state index in [0.717, 1.165) is 0 Å².